The van der Waals surface area contributed by atoms with Crippen molar-refractivity contribution < 1.29 is 4.74 Å². The van der Waals surface area contributed by atoms with Crippen LogP contribution in [0.3, 0.4) is 0 Å². The molecule has 21 heavy (non-hydrogen) atoms. The van der Waals surface area contributed by atoms with Crippen LogP contribution in [0.2, 0.25) is 0 Å². The van der Waals surface area contributed by atoms with E-state index in [0.717, 1.165) is 22.3 Å². The maximum Gasteiger partial charge on any atom is 0.225 e. The molecule has 0 spiro atoms. The second kappa shape index (κ2) is 6.01. The molecule has 0 saturated carbocycles. The van der Waals surface area contributed by atoms with Crippen molar-refractivity contribution in [2.45, 2.75) is 5.16 Å². The first-order valence-electron chi connectivity index (χ1n) is 6.56. The molecule has 0 aliphatic carbocycles. The topological polar surface area (TPSA) is 47.0 Å². The molecule has 2 aromatic carbocycles. The number of aromatic nitrogens is 2. The van der Waals surface area contributed by atoms with Gasteiger partial charge in [0.2, 0.25) is 5.88 Å². The normalized spacial score (nSPS) is 10.6. The molecule has 5 heteroatoms. The van der Waals surface area contributed by atoms with Crippen molar-refractivity contribution in [1.29, 1.82) is 0 Å². The van der Waals surface area contributed by atoms with Crippen LogP contribution in [-0.4, -0.2) is 23.3 Å². The third-order valence-electron chi connectivity index (χ3n) is 3.08. The Kier molecular flexibility index (Phi) is 3.92. The van der Waals surface area contributed by atoms with E-state index in [0.29, 0.717) is 11.0 Å². The Hall–Kier alpha value is -2.27. The van der Waals surface area contributed by atoms with Gasteiger partial charge in [0.25, 0.3) is 0 Å². The lowest BCUT2D eigenvalue weighted by Crippen LogP contribution is -1.98. The first kappa shape index (κ1) is 13.7. The Morgan fingerprint density at radius 2 is 1.86 bits per heavy atom. The summed E-state index contributed by atoms with van der Waals surface area (Å²) >= 11 is 1.48. The minimum atomic E-state index is 0.537. The van der Waals surface area contributed by atoms with Gasteiger partial charge >= 0.3 is 0 Å². The molecule has 1 heterocycles. The van der Waals surface area contributed by atoms with Gasteiger partial charge in [-0.05, 0) is 17.7 Å². The van der Waals surface area contributed by atoms with E-state index in [1.807, 2.05) is 43.6 Å². The average molecular weight is 297 g/mol. The highest BCUT2D eigenvalue weighted by molar-refractivity contribution is 7.98. The number of hydrogen-bond donors (Lipinski definition) is 1. The van der Waals surface area contributed by atoms with E-state index in [9.17, 15) is 0 Å². The summed E-state index contributed by atoms with van der Waals surface area (Å²) in [6.45, 7) is 0. The summed E-state index contributed by atoms with van der Waals surface area (Å²) < 4.78 is 5.97. The van der Waals surface area contributed by atoms with Crippen molar-refractivity contribution in [3.63, 3.8) is 0 Å². The zero-order valence-corrected chi connectivity index (χ0v) is 12.6. The predicted octanol–water partition coefficient (Wildman–Crippen LogP) is 4.19. The minimum absolute atomic E-state index is 0.537. The highest BCUT2D eigenvalue weighted by Gasteiger charge is 2.07. The molecule has 0 atom stereocenters. The molecule has 0 amide bonds. The van der Waals surface area contributed by atoms with Crippen LogP contribution >= 0.6 is 11.8 Å². The summed E-state index contributed by atoms with van der Waals surface area (Å²) in [6.07, 6.45) is 1.94. The molecular weight excluding hydrogens is 282 g/mol. The second-order valence-electron chi connectivity index (χ2n) is 4.41. The van der Waals surface area contributed by atoms with Crippen LogP contribution < -0.4 is 10.1 Å². The molecule has 3 rings (SSSR count). The van der Waals surface area contributed by atoms with Gasteiger partial charge in [-0.15, -0.1) is 0 Å². The fraction of sp³-hybridized carbons (Fsp3) is 0.125. The average Bonchev–Trinajstić information content (AvgIpc) is 2.55. The predicted molar refractivity (Wildman–Crippen MR) is 87.4 cm³/mol. The van der Waals surface area contributed by atoms with Gasteiger partial charge in [-0.2, -0.15) is 4.98 Å². The molecular formula is C16H15N3OS. The summed E-state index contributed by atoms with van der Waals surface area (Å²) in [5.74, 6) is 2.07. The summed E-state index contributed by atoms with van der Waals surface area (Å²) in [4.78, 5) is 8.73. The molecule has 0 aliphatic rings. The zero-order chi connectivity index (χ0) is 14.7. The number of benzene rings is 2. The third-order valence-corrected chi connectivity index (χ3v) is 3.63. The fourth-order valence-corrected chi connectivity index (χ4v) is 2.44. The highest BCUT2D eigenvalue weighted by Crippen LogP contribution is 2.30. The van der Waals surface area contributed by atoms with Crippen LogP contribution in [0.25, 0.3) is 10.8 Å². The van der Waals surface area contributed by atoms with E-state index in [1.165, 1.54) is 11.8 Å². The smallest absolute Gasteiger partial charge is 0.225 e. The van der Waals surface area contributed by atoms with Crippen molar-refractivity contribution in [3.05, 3.63) is 48.5 Å². The van der Waals surface area contributed by atoms with Crippen LogP contribution in [0, 0.1) is 0 Å². The van der Waals surface area contributed by atoms with E-state index >= 15 is 0 Å². The minimum Gasteiger partial charge on any atom is -0.438 e. The maximum atomic E-state index is 5.97. The molecule has 0 radical (unpaired) electrons. The third kappa shape index (κ3) is 2.92. The molecule has 0 saturated heterocycles. The molecule has 106 valence electrons. The standard InChI is InChI=1S/C16H15N3OS/c1-17-14-10-15(19-16(18-14)21-2)20-13-9-5-7-11-6-3-4-8-12(11)13/h3-10H,1-2H3,(H,17,18,19). The molecule has 0 bridgehead atoms. The highest BCUT2D eigenvalue weighted by atomic mass is 32.2. The van der Waals surface area contributed by atoms with Crippen LogP contribution in [0.1, 0.15) is 0 Å². The molecule has 1 N–H and O–H groups in total. The van der Waals surface area contributed by atoms with Crippen molar-refractivity contribution in [3.8, 4) is 11.6 Å². The van der Waals surface area contributed by atoms with Crippen molar-refractivity contribution in [2.75, 3.05) is 18.6 Å². The van der Waals surface area contributed by atoms with Gasteiger partial charge in [-0.25, -0.2) is 4.98 Å². The number of hydrogen-bond acceptors (Lipinski definition) is 5. The van der Waals surface area contributed by atoms with Crippen LogP contribution in [-0.2, 0) is 0 Å². The number of nitrogens with one attached hydrogen (secondary N) is 1. The van der Waals surface area contributed by atoms with Crippen LogP contribution in [0.15, 0.2) is 53.7 Å². The molecule has 1 aromatic heterocycles. The number of ether oxygens (including phenoxy) is 1. The lowest BCUT2D eigenvalue weighted by molar-refractivity contribution is 0.461. The van der Waals surface area contributed by atoms with E-state index in [-0.39, 0.29) is 0 Å². The van der Waals surface area contributed by atoms with E-state index < -0.39 is 0 Å². The van der Waals surface area contributed by atoms with E-state index in [4.69, 9.17) is 4.74 Å². The Balaban J connectivity index is 2.02. The summed E-state index contributed by atoms with van der Waals surface area (Å²) in [5, 5.41) is 5.91. The van der Waals surface area contributed by atoms with Gasteiger partial charge in [-0.1, -0.05) is 48.2 Å². The van der Waals surface area contributed by atoms with Gasteiger partial charge in [-0.3, -0.25) is 0 Å². The molecule has 0 unspecified atom stereocenters. The summed E-state index contributed by atoms with van der Waals surface area (Å²) in [7, 11) is 1.83. The van der Waals surface area contributed by atoms with E-state index in [1.54, 1.807) is 6.07 Å². The molecule has 3 aromatic rings. The fourth-order valence-electron chi connectivity index (χ4n) is 2.07. The zero-order valence-electron chi connectivity index (χ0n) is 11.8. The molecule has 4 nitrogen and oxygen atoms in total. The SMILES string of the molecule is CNc1cc(Oc2cccc3ccccc23)nc(SC)n1. The first-order chi connectivity index (χ1) is 10.3. The molecule has 0 fully saturated rings. The van der Waals surface area contributed by atoms with Gasteiger partial charge in [0.05, 0.1) is 0 Å². The largest absolute Gasteiger partial charge is 0.438 e. The Morgan fingerprint density at radius 3 is 2.67 bits per heavy atom. The van der Waals surface area contributed by atoms with Gasteiger partial charge in [0, 0.05) is 18.5 Å². The Morgan fingerprint density at radius 1 is 1.05 bits per heavy atom. The molecule has 0 aliphatic heterocycles. The van der Waals surface area contributed by atoms with Crippen LogP contribution in [0.5, 0.6) is 11.6 Å². The summed E-state index contributed by atoms with van der Waals surface area (Å²) in [6, 6.07) is 15.9. The monoisotopic (exact) mass is 297 g/mol. The summed E-state index contributed by atoms with van der Waals surface area (Å²) in [5.41, 5.74) is 0. The van der Waals surface area contributed by atoms with Crippen LogP contribution in [0.4, 0.5) is 5.82 Å². The quantitative estimate of drug-likeness (QED) is 0.578. The number of rotatable bonds is 4. The number of nitrogens with zero attached hydrogens (tertiary/aromatic N) is 2. The Labute approximate surface area is 127 Å². The number of fused-ring (bicyclic) bond motifs is 1. The van der Waals surface area contributed by atoms with Gasteiger partial charge < -0.3 is 10.1 Å². The second-order valence-corrected chi connectivity index (χ2v) is 5.18. The van der Waals surface area contributed by atoms with Crippen molar-refractivity contribution >= 4 is 28.4 Å². The van der Waals surface area contributed by atoms with Crippen molar-refractivity contribution in [1.82, 2.24) is 9.97 Å². The maximum absolute atomic E-state index is 5.97. The Bertz CT molecular complexity index is 749. The lowest BCUT2D eigenvalue weighted by atomic mass is 10.1. The van der Waals surface area contributed by atoms with E-state index in [2.05, 4.69) is 27.4 Å². The number of anilines is 1. The first-order valence-corrected chi connectivity index (χ1v) is 7.79. The van der Waals surface area contributed by atoms with Gasteiger partial charge in [0.1, 0.15) is 11.6 Å². The lowest BCUT2D eigenvalue weighted by Gasteiger charge is -2.10. The van der Waals surface area contributed by atoms with Gasteiger partial charge in [0.15, 0.2) is 5.16 Å². The van der Waals surface area contributed by atoms with Crippen molar-refractivity contribution in [2.24, 2.45) is 0 Å². The number of thioether (sulfide) groups is 1.